The molecule has 2 rings (SSSR count). The second-order valence-electron chi connectivity index (χ2n) is 4.85. The van der Waals surface area contributed by atoms with Gasteiger partial charge in [0.15, 0.2) is 0 Å². The fourth-order valence-corrected chi connectivity index (χ4v) is 1.98. The van der Waals surface area contributed by atoms with Gasteiger partial charge in [-0.25, -0.2) is 9.97 Å². The van der Waals surface area contributed by atoms with Crippen molar-refractivity contribution in [2.45, 2.75) is 13.8 Å². The summed E-state index contributed by atoms with van der Waals surface area (Å²) in [5, 5.41) is 13.9. The molecule has 0 aliphatic carbocycles. The smallest absolute Gasteiger partial charge is 0.271 e. The van der Waals surface area contributed by atoms with Crippen molar-refractivity contribution in [3.63, 3.8) is 0 Å². The highest BCUT2D eigenvalue weighted by atomic mass is 16.6. The Morgan fingerprint density at radius 2 is 2.21 bits per heavy atom. The lowest BCUT2D eigenvalue weighted by Gasteiger charge is -2.09. The van der Waals surface area contributed by atoms with E-state index in [2.05, 4.69) is 26.9 Å². The SMILES string of the molecule is C=CN=C/C(=C\C)c1ccnc(Nc2cc([N+](=O)[O-])ccc2C)n1. The third-order valence-corrected chi connectivity index (χ3v) is 3.26. The van der Waals surface area contributed by atoms with Crippen LogP contribution in [0.5, 0.6) is 0 Å². The number of benzene rings is 1. The zero-order valence-corrected chi connectivity index (χ0v) is 13.4. The van der Waals surface area contributed by atoms with Crippen LogP contribution in [0.3, 0.4) is 0 Å². The summed E-state index contributed by atoms with van der Waals surface area (Å²) < 4.78 is 0. The van der Waals surface area contributed by atoms with E-state index in [1.807, 2.05) is 19.9 Å². The Morgan fingerprint density at radius 3 is 2.88 bits per heavy atom. The van der Waals surface area contributed by atoms with Gasteiger partial charge in [-0.3, -0.25) is 15.1 Å². The summed E-state index contributed by atoms with van der Waals surface area (Å²) in [6, 6.07) is 6.36. The molecule has 1 aromatic heterocycles. The average Bonchev–Trinajstić information content (AvgIpc) is 2.58. The molecule has 7 heteroatoms. The van der Waals surface area contributed by atoms with Crippen molar-refractivity contribution in [3.05, 3.63) is 70.7 Å². The molecule has 1 N–H and O–H groups in total. The van der Waals surface area contributed by atoms with Crippen LogP contribution in [0.25, 0.3) is 5.57 Å². The van der Waals surface area contributed by atoms with Crippen LogP contribution in [0, 0.1) is 17.0 Å². The van der Waals surface area contributed by atoms with E-state index in [-0.39, 0.29) is 5.69 Å². The molecule has 0 fully saturated rings. The molecule has 0 saturated carbocycles. The largest absolute Gasteiger partial charge is 0.324 e. The number of anilines is 2. The van der Waals surface area contributed by atoms with Crippen molar-refractivity contribution >= 4 is 29.1 Å². The first-order valence-electron chi connectivity index (χ1n) is 7.21. The van der Waals surface area contributed by atoms with Gasteiger partial charge >= 0.3 is 0 Å². The molecule has 0 unspecified atom stereocenters. The molecular formula is C17H17N5O2. The summed E-state index contributed by atoms with van der Waals surface area (Å²) in [7, 11) is 0. The average molecular weight is 323 g/mol. The van der Waals surface area contributed by atoms with Gasteiger partial charge < -0.3 is 5.32 Å². The Hall–Kier alpha value is -3.35. The van der Waals surface area contributed by atoms with Crippen molar-refractivity contribution in [2.24, 2.45) is 4.99 Å². The monoisotopic (exact) mass is 323 g/mol. The van der Waals surface area contributed by atoms with Gasteiger partial charge in [-0.2, -0.15) is 0 Å². The molecule has 0 radical (unpaired) electrons. The number of nitrogens with one attached hydrogen (secondary N) is 1. The Balaban J connectivity index is 2.33. The van der Waals surface area contributed by atoms with Gasteiger partial charge in [0.2, 0.25) is 5.95 Å². The summed E-state index contributed by atoms with van der Waals surface area (Å²) in [6.45, 7) is 7.27. The molecule has 24 heavy (non-hydrogen) atoms. The summed E-state index contributed by atoms with van der Waals surface area (Å²) in [5.74, 6) is 0.349. The van der Waals surface area contributed by atoms with E-state index in [4.69, 9.17) is 0 Å². The molecule has 0 saturated heterocycles. The molecule has 0 aliphatic heterocycles. The standard InChI is InChI=1S/C17H17N5O2/c1-4-13(11-18-5-2)15-8-9-19-17(20-15)21-16-10-14(22(23)24)7-6-12(16)3/h4-11H,2H2,1,3H3,(H,19,20,21)/b13-4+,18-11?. The van der Waals surface area contributed by atoms with Crippen LogP contribution in [0.15, 0.2) is 54.3 Å². The van der Waals surface area contributed by atoms with Crippen molar-refractivity contribution in [1.29, 1.82) is 0 Å². The van der Waals surface area contributed by atoms with Gasteiger partial charge in [-0.05, 0) is 25.5 Å². The van der Waals surface area contributed by atoms with Crippen molar-refractivity contribution in [1.82, 2.24) is 9.97 Å². The fourth-order valence-electron chi connectivity index (χ4n) is 1.98. The van der Waals surface area contributed by atoms with Crippen molar-refractivity contribution < 1.29 is 4.92 Å². The van der Waals surface area contributed by atoms with Crippen LogP contribution in [-0.2, 0) is 0 Å². The van der Waals surface area contributed by atoms with Gasteiger partial charge in [0.05, 0.1) is 16.3 Å². The number of hydrogen-bond donors (Lipinski definition) is 1. The number of allylic oxidation sites excluding steroid dienone is 2. The highest BCUT2D eigenvalue weighted by Crippen LogP contribution is 2.24. The first kappa shape index (κ1) is 17.0. The van der Waals surface area contributed by atoms with E-state index in [9.17, 15) is 10.1 Å². The molecule has 0 amide bonds. The normalized spacial score (nSPS) is 11.5. The maximum atomic E-state index is 10.9. The zero-order valence-electron chi connectivity index (χ0n) is 13.4. The Labute approximate surface area is 139 Å². The predicted molar refractivity (Wildman–Crippen MR) is 95.5 cm³/mol. The summed E-state index contributed by atoms with van der Waals surface area (Å²) in [6.07, 6.45) is 6.58. The molecule has 2 aromatic rings. The second kappa shape index (κ2) is 7.77. The second-order valence-corrected chi connectivity index (χ2v) is 4.85. The first-order chi connectivity index (χ1) is 11.5. The summed E-state index contributed by atoms with van der Waals surface area (Å²) in [5.41, 5.74) is 2.95. The van der Waals surface area contributed by atoms with Crippen LogP contribution >= 0.6 is 0 Å². The van der Waals surface area contributed by atoms with Crippen molar-refractivity contribution in [3.8, 4) is 0 Å². The zero-order chi connectivity index (χ0) is 17.5. The quantitative estimate of drug-likeness (QED) is 0.491. The molecule has 0 bridgehead atoms. The minimum absolute atomic E-state index is 0.00603. The van der Waals surface area contributed by atoms with E-state index in [0.717, 1.165) is 11.1 Å². The highest BCUT2D eigenvalue weighted by molar-refractivity contribution is 6.09. The Morgan fingerprint density at radius 1 is 1.42 bits per heavy atom. The Kier molecular flexibility index (Phi) is 5.51. The molecule has 0 spiro atoms. The van der Waals surface area contributed by atoms with Gasteiger partial charge in [-0.1, -0.05) is 18.7 Å². The summed E-state index contributed by atoms with van der Waals surface area (Å²) in [4.78, 5) is 23.1. The van der Waals surface area contributed by atoms with Gasteiger partial charge in [0.1, 0.15) is 0 Å². The van der Waals surface area contributed by atoms with Crippen LogP contribution in [0.1, 0.15) is 18.2 Å². The molecule has 122 valence electrons. The molecule has 7 nitrogen and oxygen atoms in total. The number of nitrogens with zero attached hydrogens (tertiary/aromatic N) is 4. The molecule has 1 aromatic carbocycles. The Bertz CT molecular complexity index is 827. The number of nitro benzene ring substituents is 1. The van der Waals surface area contributed by atoms with E-state index in [1.54, 1.807) is 24.5 Å². The first-order valence-corrected chi connectivity index (χ1v) is 7.21. The fraction of sp³-hybridized carbons (Fsp3) is 0.118. The molecule has 1 heterocycles. The van der Waals surface area contributed by atoms with E-state index < -0.39 is 4.92 Å². The van der Waals surface area contributed by atoms with Crippen LogP contribution in [0.2, 0.25) is 0 Å². The number of nitro groups is 1. The predicted octanol–water partition coefficient (Wildman–Crippen LogP) is 4.05. The minimum atomic E-state index is -0.439. The molecule has 0 aliphatic rings. The number of aromatic nitrogens is 2. The topological polar surface area (TPSA) is 93.3 Å². The highest BCUT2D eigenvalue weighted by Gasteiger charge is 2.10. The number of non-ortho nitro benzene ring substituents is 1. The molecule has 0 atom stereocenters. The number of hydrogen-bond acceptors (Lipinski definition) is 6. The lowest BCUT2D eigenvalue weighted by atomic mass is 10.2. The third-order valence-electron chi connectivity index (χ3n) is 3.26. The van der Waals surface area contributed by atoms with Crippen LogP contribution < -0.4 is 5.32 Å². The van der Waals surface area contributed by atoms with Crippen LogP contribution in [0.4, 0.5) is 17.3 Å². The number of rotatable bonds is 6. The third kappa shape index (κ3) is 4.10. The van der Waals surface area contributed by atoms with E-state index in [0.29, 0.717) is 17.3 Å². The molecular weight excluding hydrogens is 306 g/mol. The number of aliphatic imine (C=N–C) groups is 1. The lowest BCUT2D eigenvalue weighted by Crippen LogP contribution is -2.02. The van der Waals surface area contributed by atoms with Crippen molar-refractivity contribution in [2.75, 3.05) is 5.32 Å². The van der Waals surface area contributed by atoms with Gasteiger partial charge in [0.25, 0.3) is 5.69 Å². The van der Waals surface area contributed by atoms with E-state index >= 15 is 0 Å². The maximum Gasteiger partial charge on any atom is 0.271 e. The van der Waals surface area contributed by atoms with Crippen LogP contribution in [-0.4, -0.2) is 21.1 Å². The van der Waals surface area contributed by atoms with Gasteiger partial charge in [0, 0.05) is 36.3 Å². The van der Waals surface area contributed by atoms with Gasteiger partial charge in [-0.15, -0.1) is 0 Å². The minimum Gasteiger partial charge on any atom is -0.324 e. The maximum absolute atomic E-state index is 10.9. The lowest BCUT2D eigenvalue weighted by molar-refractivity contribution is -0.384. The number of aryl methyl sites for hydroxylation is 1. The summed E-state index contributed by atoms with van der Waals surface area (Å²) >= 11 is 0. The van der Waals surface area contributed by atoms with E-state index in [1.165, 1.54) is 18.3 Å².